The quantitative estimate of drug-likeness (QED) is 0.360. The van der Waals surface area contributed by atoms with Gasteiger partial charge in [0.1, 0.15) is 6.04 Å². The molecule has 10 heteroatoms. The van der Waals surface area contributed by atoms with Gasteiger partial charge < -0.3 is 25.5 Å². The minimum Gasteiger partial charge on any atom is -0.394 e. The van der Waals surface area contributed by atoms with Crippen LogP contribution in [0, 0.1) is 17.8 Å². The van der Waals surface area contributed by atoms with Crippen molar-refractivity contribution < 1.29 is 19.5 Å². The summed E-state index contributed by atoms with van der Waals surface area (Å²) < 4.78 is -0.737. The topological polar surface area (TPSA) is 102 Å². The number of amides is 3. The van der Waals surface area contributed by atoms with Crippen LogP contribution in [0.2, 0.25) is 0 Å². The number of thioether (sulfide) groups is 1. The number of benzene rings is 1. The van der Waals surface area contributed by atoms with Crippen molar-refractivity contribution in [3.8, 4) is 0 Å². The predicted molar refractivity (Wildman–Crippen MR) is 152 cm³/mol. The number of nitrogens with zero attached hydrogens (tertiary/aromatic N) is 2. The highest BCUT2D eigenvalue weighted by molar-refractivity contribution is 9.09. The number of nitrogens with one attached hydrogen (secondary N) is 2. The molecule has 8 atom stereocenters. The fourth-order valence-corrected chi connectivity index (χ4v) is 10.2. The van der Waals surface area contributed by atoms with Gasteiger partial charge in [-0.2, -0.15) is 0 Å². The van der Waals surface area contributed by atoms with Crippen molar-refractivity contribution in [1.29, 1.82) is 0 Å². The molecular formula is C27H39BrN4O4S. The van der Waals surface area contributed by atoms with E-state index < -0.39 is 28.7 Å². The van der Waals surface area contributed by atoms with Crippen molar-refractivity contribution in [3.05, 3.63) is 24.3 Å². The molecule has 3 saturated heterocycles. The van der Waals surface area contributed by atoms with Gasteiger partial charge in [-0.25, -0.2) is 0 Å². The Kier molecular flexibility index (Phi) is 8.50. The lowest BCUT2D eigenvalue weighted by Crippen LogP contribution is -2.56. The van der Waals surface area contributed by atoms with E-state index in [0.717, 1.165) is 25.2 Å². The number of carbonyl (C=O) groups excluding carboxylic acids is 3. The maximum atomic E-state index is 14.1. The van der Waals surface area contributed by atoms with E-state index in [4.69, 9.17) is 0 Å². The lowest BCUT2D eigenvalue weighted by molar-refractivity contribution is -0.143. The summed E-state index contributed by atoms with van der Waals surface area (Å²) in [6.45, 7) is 9.77. The summed E-state index contributed by atoms with van der Waals surface area (Å²) in [6.07, 6.45) is 1.36. The summed E-state index contributed by atoms with van der Waals surface area (Å²) >= 11 is 5.37. The second-order valence-electron chi connectivity index (χ2n) is 10.4. The lowest BCUT2D eigenvalue weighted by atomic mass is 9.70. The van der Waals surface area contributed by atoms with Crippen LogP contribution in [0.3, 0.4) is 0 Å². The number of hydrogen-bond donors (Lipinski definition) is 3. The molecule has 3 unspecified atom stereocenters. The molecule has 3 N–H and O–H groups in total. The molecule has 3 aliphatic rings. The van der Waals surface area contributed by atoms with Gasteiger partial charge in [0.15, 0.2) is 0 Å². The minimum atomic E-state index is -0.789. The van der Waals surface area contributed by atoms with E-state index in [2.05, 4.69) is 45.3 Å². The molecule has 1 aromatic rings. The van der Waals surface area contributed by atoms with Crippen LogP contribution >= 0.6 is 27.7 Å². The molecular weight excluding hydrogens is 556 g/mol. The highest BCUT2D eigenvalue weighted by Crippen LogP contribution is 2.68. The van der Waals surface area contributed by atoms with Gasteiger partial charge in [-0.15, -0.1) is 11.8 Å². The second kappa shape index (κ2) is 11.1. The maximum absolute atomic E-state index is 14.1. The van der Waals surface area contributed by atoms with Crippen LogP contribution in [-0.4, -0.2) is 81.4 Å². The van der Waals surface area contributed by atoms with Crippen molar-refractivity contribution in [2.45, 2.75) is 67.4 Å². The number of anilines is 2. The van der Waals surface area contributed by atoms with Crippen LogP contribution in [0.4, 0.5) is 11.4 Å². The van der Waals surface area contributed by atoms with E-state index in [1.54, 1.807) is 23.7 Å². The minimum absolute atomic E-state index is 0.00625. The third-order valence-electron chi connectivity index (χ3n) is 8.63. The van der Waals surface area contributed by atoms with Gasteiger partial charge in [-0.1, -0.05) is 36.2 Å². The summed E-state index contributed by atoms with van der Waals surface area (Å²) in [4.78, 5) is 45.1. The van der Waals surface area contributed by atoms with E-state index in [9.17, 15) is 19.5 Å². The highest BCUT2D eigenvalue weighted by atomic mass is 79.9. The zero-order valence-electron chi connectivity index (χ0n) is 22.2. The van der Waals surface area contributed by atoms with E-state index in [1.165, 1.54) is 0 Å². The van der Waals surface area contributed by atoms with Crippen molar-refractivity contribution >= 4 is 56.8 Å². The third-order valence-corrected chi connectivity index (χ3v) is 11.9. The van der Waals surface area contributed by atoms with Crippen LogP contribution < -0.4 is 15.5 Å². The molecule has 2 bridgehead atoms. The summed E-state index contributed by atoms with van der Waals surface area (Å²) in [7, 11) is 1.59. The standard InChI is InChI=1S/C27H39BrN4O4S/c1-6-15(4)19(14-33)32-23(25(35)30-16-9-11-17(12-10-16)31(7-2)8-3)27-13-18(28)22(37-27)20(24(34)29-5)21(27)26(32)36/h9-12,15,18-23,33H,6-8,13-14H2,1-5H3,(H,29,34)(H,30,35)/t15-,18?,19-,20-,21-,22-,23?,27?/m0/s1. The van der Waals surface area contributed by atoms with Gasteiger partial charge in [-0.05, 0) is 50.5 Å². The van der Waals surface area contributed by atoms with Crippen LogP contribution in [0.25, 0.3) is 0 Å². The Bertz CT molecular complexity index is 1020. The number of rotatable bonds is 10. The number of alkyl halides is 1. The van der Waals surface area contributed by atoms with Gasteiger partial charge in [0, 0.05) is 41.6 Å². The zero-order chi connectivity index (χ0) is 27.1. The van der Waals surface area contributed by atoms with Gasteiger partial charge in [0.2, 0.25) is 17.7 Å². The molecule has 0 aliphatic carbocycles. The molecule has 37 heavy (non-hydrogen) atoms. The molecule has 1 spiro atoms. The second-order valence-corrected chi connectivity index (χ2v) is 13.1. The normalized spacial score (nSPS) is 31.7. The first kappa shape index (κ1) is 28.2. The average molecular weight is 596 g/mol. The molecule has 8 nitrogen and oxygen atoms in total. The fourth-order valence-electron chi connectivity index (χ4n) is 6.56. The van der Waals surface area contributed by atoms with Crippen LogP contribution in [0.15, 0.2) is 24.3 Å². The lowest BCUT2D eigenvalue weighted by Gasteiger charge is -2.39. The van der Waals surface area contributed by atoms with Crippen molar-refractivity contribution in [3.63, 3.8) is 0 Å². The summed E-state index contributed by atoms with van der Waals surface area (Å²) in [5, 5.41) is 16.1. The summed E-state index contributed by atoms with van der Waals surface area (Å²) in [5.41, 5.74) is 1.74. The van der Waals surface area contributed by atoms with E-state index in [-0.39, 0.29) is 40.3 Å². The monoisotopic (exact) mass is 594 g/mol. The predicted octanol–water partition coefficient (Wildman–Crippen LogP) is 3.09. The fraction of sp³-hybridized carbons (Fsp3) is 0.667. The molecule has 3 heterocycles. The van der Waals surface area contributed by atoms with E-state index in [0.29, 0.717) is 12.1 Å². The van der Waals surface area contributed by atoms with Crippen LogP contribution in [0.5, 0.6) is 0 Å². The Labute approximate surface area is 232 Å². The molecule has 4 rings (SSSR count). The smallest absolute Gasteiger partial charge is 0.248 e. The molecule has 204 valence electrons. The summed E-state index contributed by atoms with van der Waals surface area (Å²) in [6, 6.07) is 6.46. The first-order chi connectivity index (χ1) is 17.7. The molecule has 3 fully saturated rings. The van der Waals surface area contributed by atoms with E-state index in [1.807, 2.05) is 38.1 Å². The Morgan fingerprint density at radius 1 is 1.22 bits per heavy atom. The molecule has 0 radical (unpaired) electrons. The number of hydrogen-bond acceptors (Lipinski definition) is 6. The maximum Gasteiger partial charge on any atom is 0.248 e. The number of fused-ring (bicyclic) bond motifs is 1. The SMILES string of the molecule is CC[C@H](C)[C@H](CO)N1C(=O)[C@@H]2[C@H](C(=O)NC)[C@H]3SC2(CC3Br)C1C(=O)Nc1ccc(N(CC)CC)cc1. The largest absolute Gasteiger partial charge is 0.394 e. The average Bonchev–Trinajstić information content (AvgIpc) is 3.49. The highest BCUT2D eigenvalue weighted by Gasteiger charge is 2.76. The van der Waals surface area contributed by atoms with Crippen LogP contribution in [-0.2, 0) is 14.4 Å². The Morgan fingerprint density at radius 2 is 1.86 bits per heavy atom. The molecule has 0 saturated carbocycles. The van der Waals surface area contributed by atoms with Gasteiger partial charge >= 0.3 is 0 Å². The van der Waals surface area contributed by atoms with Crippen LogP contribution in [0.1, 0.15) is 40.5 Å². The molecule has 3 aliphatic heterocycles. The Balaban J connectivity index is 1.72. The van der Waals surface area contributed by atoms with Gasteiger partial charge in [0.05, 0.1) is 29.2 Å². The zero-order valence-corrected chi connectivity index (χ0v) is 24.6. The Hall–Kier alpha value is -1.78. The summed E-state index contributed by atoms with van der Waals surface area (Å²) in [5.74, 6) is -1.76. The van der Waals surface area contributed by atoms with E-state index >= 15 is 0 Å². The van der Waals surface area contributed by atoms with Gasteiger partial charge in [-0.3, -0.25) is 14.4 Å². The number of aliphatic hydroxyl groups excluding tert-OH is 1. The van der Waals surface area contributed by atoms with Crippen molar-refractivity contribution in [2.24, 2.45) is 17.8 Å². The first-order valence-electron chi connectivity index (χ1n) is 13.3. The number of likely N-dealkylation sites (tertiary alicyclic amines) is 1. The third kappa shape index (κ3) is 4.56. The number of carbonyl (C=O) groups is 3. The molecule has 0 aromatic heterocycles. The van der Waals surface area contributed by atoms with Crippen molar-refractivity contribution in [1.82, 2.24) is 10.2 Å². The molecule has 1 aromatic carbocycles. The van der Waals surface area contributed by atoms with Crippen molar-refractivity contribution in [2.75, 3.05) is 37.0 Å². The number of aliphatic hydroxyl groups is 1. The first-order valence-corrected chi connectivity index (χ1v) is 15.1. The number of halogens is 1. The molecule has 3 amide bonds. The van der Waals surface area contributed by atoms with Gasteiger partial charge in [0.25, 0.3) is 0 Å². The Morgan fingerprint density at radius 3 is 2.41 bits per heavy atom.